The first kappa shape index (κ1) is 16.7. The van der Waals surface area contributed by atoms with Gasteiger partial charge in [-0.1, -0.05) is 6.07 Å². The Morgan fingerprint density at radius 3 is 2.60 bits per heavy atom. The van der Waals surface area contributed by atoms with Crippen LogP contribution in [0.15, 0.2) is 29.2 Å². The zero-order chi connectivity index (χ0) is 15.4. The van der Waals surface area contributed by atoms with Crippen LogP contribution in [0.5, 0.6) is 5.75 Å². The van der Waals surface area contributed by atoms with Crippen LogP contribution in [0.4, 0.5) is 13.2 Å². The molecule has 1 unspecified atom stereocenters. The maximum Gasteiger partial charge on any atom is 0.573 e. The minimum atomic E-state index is -4.89. The van der Waals surface area contributed by atoms with Gasteiger partial charge < -0.3 is 9.84 Å². The third-order valence-corrected chi connectivity index (χ3v) is 3.86. The number of hydrogen-bond acceptors (Lipinski definition) is 4. The van der Waals surface area contributed by atoms with Crippen molar-refractivity contribution in [3.8, 4) is 5.75 Å². The Morgan fingerprint density at radius 1 is 1.40 bits per heavy atom. The first-order valence-corrected chi connectivity index (χ1v) is 7.11. The van der Waals surface area contributed by atoms with Gasteiger partial charge in [-0.05, 0) is 25.5 Å². The minimum absolute atomic E-state index is 0.192. The van der Waals surface area contributed by atoms with Crippen molar-refractivity contribution in [3.05, 3.63) is 24.3 Å². The number of alkyl halides is 3. The van der Waals surface area contributed by atoms with E-state index in [9.17, 15) is 21.6 Å². The third-order valence-electron chi connectivity index (χ3n) is 2.27. The molecule has 0 saturated heterocycles. The van der Waals surface area contributed by atoms with Gasteiger partial charge in [0.2, 0.25) is 10.0 Å². The van der Waals surface area contributed by atoms with E-state index in [1.165, 1.54) is 6.92 Å². The molecular weight excluding hydrogens is 299 g/mol. The molecule has 1 atom stereocenters. The van der Waals surface area contributed by atoms with Crippen LogP contribution in [-0.2, 0) is 10.0 Å². The van der Waals surface area contributed by atoms with E-state index in [0.29, 0.717) is 0 Å². The monoisotopic (exact) mass is 313 g/mol. The molecule has 0 spiro atoms. The number of rotatable bonds is 6. The molecule has 0 aliphatic carbocycles. The summed E-state index contributed by atoms with van der Waals surface area (Å²) in [5, 5.41) is 8.70. The van der Waals surface area contributed by atoms with E-state index < -0.39 is 28.2 Å². The van der Waals surface area contributed by atoms with Crippen LogP contribution < -0.4 is 9.46 Å². The Kier molecular flexibility index (Phi) is 5.37. The number of ether oxygens (including phenoxy) is 1. The normalized spacial score (nSPS) is 14.1. The molecule has 20 heavy (non-hydrogen) atoms. The molecule has 9 heteroatoms. The number of aliphatic hydroxyl groups excluding tert-OH is 1. The average molecular weight is 313 g/mol. The molecule has 0 bridgehead atoms. The Balaban J connectivity index is 2.93. The summed E-state index contributed by atoms with van der Waals surface area (Å²) >= 11 is 0. The average Bonchev–Trinajstić information content (AvgIpc) is 2.26. The molecule has 0 aromatic heterocycles. The molecule has 0 aliphatic rings. The molecule has 114 valence electrons. The second-order valence-electron chi connectivity index (χ2n) is 4.06. The first-order valence-electron chi connectivity index (χ1n) is 5.63. The highest BCUT2D eigenvalue weighted by atomic mass is 32.2. The van der Waals surface area contributed by atoms with Crippen LogP contribution in [-0.4, -0.2) is 32.5 Å². The van der Waals surface area contributed by atoms with Gasteiger partial charge in [0.1, 0.15) is 5.75 Å². The Morgan fingerprint density at radius 2 is 2.05 bits per heavy atom. The molecular formula is C11H14F3NO4S. The fraction of sp³-hybridized carbons (Fsp3) is 0.455. The van der Waals surface area contributed by atoms with Crippen LogP contribution in [0.3, 0.4) is 0 Å². The molecule has 0 amide bonds. The highest BCUT2D eigenvalue weighted by Gasteiger charge is 2.31. The van der Waals surface area contributed by atoms with Crippen molar-refractivity contribution in [2.24, 2.45) is 0 Å². The lowest BCUT2D eigenvalue weighted by atomic mass is 10.3. The number of hydrogen-bond donors (Lipinski definition) is 2. The molecule has 1 rings (SSSR count). The summed E-state index contributed by atoms with van der Waals surface area (Å²) in [5.74, 6) is -0.616. The van der Waals surface area contributed by atoms with Gasteiger partial charge in [-0.15, -0.1) is 13.2 Å². The maximum absolute atomic E-state index is 12.1. The number of nitrogens with one attached hydrogen (secondary N) is 1. The van der Waals surface area contributed by atoms with Crippen molar-refractivity contribution in [3.63, 3.8) is 0 Å². The van der Waals surface area contributed by atoms with Gasteiger partial charge in [0.25, 0.3) is 0 Å². The van der Waals surface area contributed by atoms with Crippen molar-refractivity contribution in [1.29, 1.82) is 0 Å². The first-order chi connectivity index (χ1) is 9.14. The van der Waals surface area contributed by atoms with E-state index in [0.717, 1.165) is 24.3 Å². The highest BCUT2D eigenvalue weighted by Crippen LogP contribution is 2.24. The number of aliphatic hydroxyl groups is 1. The summed E-state index contributed by atoms with van der Waals surface area (Å²) in [7, 11) is -3.97. The van der Waals surface area contributed by atoms with Crippen LogP contribution >= 0.6 is 0 Å². The van der Waals surface area contributed by atoms with E-state index >= 15 is 0 Å². The smallest absolute Gasteiger partial charge is 0.406 e. The lowest BCUT2D eigenvalue weighted by Gasteiger charge is -2.14. The quantitative estimate of drug-likeness (QED) is 0.837. The third kappa shape index (κ3) is 5.35. The Hall–Kier alpha value is -1.32. The van der Waals surface area contributed by atoms with Gasteiger partial charge in [0, 0.05) is 18.7 Å². The van der Waals surface area contributed by atoms with Crippen molar-refractivity contribution >= 4 is 10.0 Å². The van der Waals surface area contributed by atoms with E-state index in [1.54, 1.807) is 0 Å². The number of sulfonamides is 1. The van der Waals surface area contributed by atoms with Crippen LogP contribution in [0.25, 0.3) is 0 Å². The summed E-state index contributed by atoms with van der Waals surface area (Å²) in [5.41, 5.74) is 0. The molecule has 0 fully saturated rings. The second kappa shape index (κ2) is 6.42. The standard InChI is InChI=1S/C11H14F3NO4S/c1-8(5-6-16)15-20(17,18)10-4-2-3-9(7-10)19-11(12,13)14/h2-4,7-8,15-16H,5-6H2,1H3. The van der Waals surface area contributed by atoms with Crippen LogP contribution in [0, 0.1) is 0 Å². The Bertz CT molecular complexity index is 545. The summed E-state index contributed by atoms with van der Waals surface area (Å²) in [6, 6.07) is 3.53. The van der Waals surface area contributed by atoms with Gasteiger partial charge in [0.15, 0.2) is 0 Å². The van der Waals surface area contributed by atoms with Crippen LogP contribution in [0.2, 0.25) is 0 Å². The minimum Gasteiger partial charge on any atom is -0.406 e. The van der Waals surface area contributed by atoms with E-state index in [-0.39, 0.29) is 17.9 Å². The van der Waals surface area contributed by atoms with Gasteiger partial charge in [-0.2, -0.15) is 0 Å². The molecule has 1 aromatic carbocycles. The molecule has 1 aromatic rings. The highest BCUT2D eigenvalue weighted by molar-refractivity contribution is 7.89. The summed E-state index contributed by atoms with van der Waals surface area (Å²) in [6.45, 7) is 1.32. The molecule has 2 N–H and O–H groups in total. The molecule has 0 heterocycles. The van der Waals surface area contributed by atoms with Gasteiger partial charge in [-0.3, -0.25) is 0 Å². The van der Waals surface area contributed by atoms with Gasteiger partial charge >= 0.3 is 6.36 Å². The van der Waals surface area contributed by atoms with Gasteiger partial charge in [0.05, 0.1) is 4.90 Å². The van der Waals surface area contributed by atoms with E-state index in [4.69, 9.17) is 5.11 Å². The van der Waals surface area contributed by atoms with Crippen molar-refractivity contribution in [2.75, 3.05) is 6.61 Å². The van der Waals surface area contributed by atoms with E-state index in [1.807, 2.05) is 0 Å². The van der Waals surface area contributed by atoms with Crippen molar-refractivity contribution in [2.45, 2.75) is 30.6 Å². The fourth-order valence-electron chi connectivity index (χ4n) is 1.42. The SMILES string of the molecule is CC(CCO)NS(=O)(=O)c1cccc(OC(F)(F)F)c1. The second-order valence-corrected chi connectivity index (χ2v) is 5.77. The molecule has 0 saturated carbocycles. The van der Waals surface area contributed by atoms with Crippen molar-refractivity contribution in [1.82, 2.24) is 4.72 Å². The lowest BCUT2D eigenvalue weighted by molar-refractivity contribution is -0.274. The summed E-state index contributed by atoms with van der Waals surface area (Å²) < 4.78 is 65.9. The Labute approximate surface area is 114 Å². The fourth-order valence-corrected chi connectivity index (χ4v) is 2.74. The van der Waals surface area contributed by atoms with E-state index in [2.05, 4.69) is 9.46 Å². The predicted octanol–water partition coefficient (Wildman–Crippen LogP) is 1.63. The zero-order valence-corrected chi connectivity index (χ0v) is 11.3. The van der Waals surface area contributed by atoms with Crippen molar-refractivity contribution < 1.29 is 31.4 Å². The predicted molar refractivity (Wildman–Crippen MR) is 64.6 cm³/mol. The molecule has 0 radical (unpaired) electrons. The topological polar surface area (TPSA) is 75.6 Å². The number of benzene rings is 1. The molecule has 5 nitrogen and oxygen atoms in total. The lowest BCUT2D eigenvalue weighted by Crippen LogP contribution is -2.33. The zero-order valence-electron chi connectivity index (χ0n) is 10.5. The van der Waals surface area contributed by atoms with Crippen LogP contribution in [0.1, 0.15) is 13.3 Å². The largest absolute Gasteiger partial charge is 0.573 e. The van der Waals surface area contributed by atoms with Gasteiger partial charge in [-0.25, -0.2) is 13.1 Å². The maximum atomic E-state index is 12.1. The summed E-state index contributed by atoms with van der Waals surface area (Å²) in [6.07, 6.45) is -4.70. The molecule has 0 aliphatic heterocycles. The summed E-state index contributed by atoms with van der Waals surface area (Å²) in [4.78, 5) is -0.343. The number of halogens is 3.